The van der Waals surface area contributed by atoms with E-state index in [1.807, 2.05) is 13.0 Å². The van der Waals surface area contributed by atoms with Crippen LogP contribution >= 0.6 is 12.2 Å². The Labute approximate surface area is 147 Å². The van der Waals surface area contributed by atoms with E-state index >= 15 is 0 Å². The molecular formula is C19H21FN2OS. The van der Waals surface area contributed by atoms with Gasteiger partial charge in [-0.15, -0.1) is 0 Å². The van der Waals surface area contributed by atoms with Gasteiger partial charge in [-0.1, -0.05) is 24.3 Å². The first-order valence-corrected chi connectivity index (χ1v) is 8.36. The topological polar surface area (TPSA) is 33.3 Å². The summed E-state index contributed by atoms with van der Waals surface area (Å²) in [4.78, 5) is 0. The number of halogens is 1. The summed E-state index contributed by atoms with van der Waals surface area (Å²) in [5, 5.41) is 6.63. The van der Waals surface area contributed by atoms with E-state index < -0.39 is 0 Å². The highest BCUT2D eigenvalue weighted by atomic mass is 32.1. The van der Waals surface area contributed by atoms with E-state index in [1.54, 1.807) is 18.2 Å². The zero-order valence-electron chi connectivity index (χ0n) is 14.0. The van der Waals surface area contributed by atoms with Crippen molar-refractivity contribution in [2.24, 2.45) is 0 Å². The second kappa shape index (κ2) is 6.40. The minimum absolute atomic E-state index is 0.0103. The van der Waals surface area contributed by atoms with Crippen molar-refractivity contribution in [2.45, 2.75) is 38.8 Å². The molecule has 0 aliphatic carbocycles. The van der Waals surface area contributed by atoms with Crippen LogP contribution in [0.3, 0.4) is 0 Å². The van der Waals surface area contributed by atoms with Crippen molar-refractivity contribution in [3.05, 3.63) is 59.4 Å². The molecule has 2 aromatic rings. The van der Waals surface area contributed by atoms with E-state index in [4.69, 9.17) is 17.0 Å². The van der Waals surface area contributed by atoms with Gasteiger partial charge >= 0.3 is 0 Å². The highest BCUT2D eigenvalue weighted by molar-refractivity contribution is 7.80. The Bertz CT molecular complexity index is 776. The second-order valence-corrected chi connectivity index (χ2v) is 7.15. The number of aryl methyl sites for hydroxylation is 1. The average molecular weight is 344 g/mol. The molecular weight excluding hydrogens is 323 g/mol. The van der Waals surface area contributed by atoms with Crippen LogP contribution in [-0.2, 0) is 0 Å². The standard InChI is InChI=1S/C19H21FN2OS/c1-12-8-9-13-16(11-19(2,3)23-17(13)10-12)22-18(24)21-15-7-5-4-6-14(15)20/h4-10,16H,11H2,1-3H3,(H2,21,22,24)/t16-/m0/s1. The zero-order valence-corrected chi connectivity index (χ0v) is 14.8. The summed E-state index contributed by atoms with van der Waals surface area (Å²) in [6.45, 7) is 6.15. The molecule has 0 fully saturated rings. The Kier molecular flexibility index (Phi) is 4.45. The Hall–Kier alpha value is -2.14. The Morgan fingerprint density at radius 1 is 1.25 bits per heavy atom. The third kappa shape index (κ3) is 3.67. The second-order valence-electron chi connectivity index (χ2n) is 6.74. The first kappa shape index (κ1) is 16.7. The maximum absolute atomic E-state index is 13.8. The van der Waals surface area contributed by atoms with Gasteiger partial charge in [0, 0.05) is 12.0 Å². The van der Waals surface area contributed by atoms with Crippen LogP contribution in [0.2, 0.25) is 0 Å². The van der Waals surface area contributed by atoms with E-state index in [2.05, 4.69) is 36.6 Å². The van der Waals surface area contributed by atoms with Crippen LogP contribution in [0.25, 0.3) is 0 Å². The monoisotopic (exact) mass is 344 g/mol. The number of ether oxygens (including phenoxy) is 1. The largest absolute Gasteiger partial charge is 0.487 e. The van der Waals surface area contributed by atoms with Gasteiger partial charge in [0.1, 0.15) is 17.2 Å². The Morgan fingerprint density at radius 3 is 2.75 bits per heavy atom. The first-order chi connectivity index (χ1) is 11.3. The number of thiocarbonyl (C=S) groups is 1. The number of anilines is 1. The quantitative estimate of drug-likeness (QED) is 0.772. The number of benzene rings is 2. The molecule has 1 aliphatic rings. The summed E-state index contributed by atoms with van der Waals surface area (Å²) in [6, 6.07) is 12.6. The van der Waals surface area contributed by atoms with Gasteiger partial charge in [0.2, 0.25) is 0 Å². The number of hydrogen-bond acceptors (Lipinski definition) is 2. The minimum Gasteiger partial charge on any atom is -0.487 e. The van der Waals surface area contributed by atoms with Gasteiger partial charge in [-0.3, -0.25) is 0 Å². The van der Waals surface area contributed by atoms with Crippen LogP contribution in [-0.4, -0.2) is 10.7 Å². The van der Waals surface area contributed by atoms with Crippen LogP contribution in [0.1, 0.15) is 37.4 Å². The lowest BCUT2D eigenvalue weighted by Gasteiger charge is -2.38. The fourth-order valence-electron chi connectivity index (χ4n) is 2.97. The maximum Gasteiger partial charge on any atom is 0.171 e. The third-order valence-electron chi connectivity index (χ3n) is 4.05. The highest BCUT2D eigenvalue weighted by Gasteiger charge is 2.34. The highest BCUT2D eigenvalue weighted by Crippen LogP contribution is 2.39. The lowest BCUT2D eigenvalue weighted by molar-refractivity contribution is 0.0696. The molecule has 0 unspecified atom stereocenters. The number of para-hydroxylation sites is 1. The molecule has 5 heteroatoms. The van der Waals surface area contributed by atoms with Crippen molar-refractivity contribution in [3.63, 3.8) is 0 Å². The van der Waals surface area contributed by atoms with Gasteiger partial charge in [0.15, 0.2) is 5.11 Å². The van der Waals surface area contributed by atoms with E-state index in [1.165, 1.54) is 6.07 Å². The van der Waals surface area contributed by atoms with Gasteiger partial charge in [-0.05, 0) is 56.8 Å². The summed E-state index contributed by atoms with van der Waals surface area (Å²) in [6.07, 6.45) is 0.766. The van der Waals surface area contributed by atoms with Crippen molar-refractivity contribution in [1.82, 2.24) is 5.32 Å². The van der Waals surface area contributed by atoms with E-state index in [0.29, 0.717) is 10.8 Å². The molecule has 2 N–H and O–H groups in total. The Morgan fingerprint density at radius 2 is 2.00 bits per heavy atom. The summed E-state index contributed by atoms with van der Waals surface area (Å²) in [7, 11) is 0. The summed E-state index contributed by atoms with van der Waals surface area (Å²) in [5.41, 5.74) is 2.28. The van der Waals surface area contributed by atoms with Crippen molar-refractivity contribution < 1.29 is 9.13 Å². The zero-order chi connectivity index (χ0) is 17.3. The molecule has 1 atom stereocenters. The first-order valence-electron chi connectivity index (χ1n) is 7.96. The molecule has 3 nitrogen and oxygen atoms in total. The van der Waals surface area contributed by atoms with Crippen LogP contribution < -0.4 is 15.4 Å². The van der Waals surface area contributed by atoms with Crippen molar-refractivity contribution >= 4 is 23.0 Å². The minimum atomic E-state index is -0.329. The number of nitrogens with one attached hydrogen (secondary N) is 2. The summed E-state index contributed by atoms with van der Waals surface area (Å²) in [5.74, 6) is 0.544. The number of fused-ring (bicyclic) bond motifs is 1. The lowest BCUT2D eigenvalue weighted by Crippen LogP contribution is -2.42. The summed E-state index contributed by atoms with van der Waals surface area (Å²) < 4.78 is 19.9. The molecule has 1 aliphatic heterocycles. The summed E-state index contributed by atoms with van der Waals surface area (Å²) >= 11 is 5.38. The average Bonchev–Trinajstić information content (AvgIpc) is 2.48. The van der Waals surface area contributed by atoms with Crippen LogP contribution in [0, 0.1) is 12.7 Å². The molecule has 0 saturated heterocycles. The normalized spacial score (nSPS) is 18.2. The molecule has 24 heavy (non-hydrogen) atoms. The lowest BCUT2D eigenvalue weighted by atomic mass is 9.89. The molecule has 3 rings (SSSR count). The molecule has 0 radical (unpaired) electrons. The number of rotatable bonds is 2. The SMILES string of the molecule is Cc1ccc2c(c1)OC(C)(C)C[C@@H]2NC(=S)Nc1ccccc1F. The molecule has 0 amide bonds. The van der Waals surface area contributed by atoms with E-state index in [0.717, 1.165) is 23.3 Å². The van der Waals surface area contributed by atoms with Gasteiger partial charge in [-0.25, -0.2) is 4.39 Å². The molecule has 1 heterocycles. The molecule has 126 valence electrons. The van der Waals surface area contributed by atoms with Gasteiger partial charge in [0.05, 0.1) is 11.7 Å². The van der Waals surface area contributed by atoms with Crippen LogP contribution in [0.15, 0.2) is 42.5 Å². The van der Waals surface area contributed by atoms with Gasteiger partial charge < -0.3 is 15.4 Å². The van der Waals surface area contributed by atoms with Crippen molar-refractivity contribution in [1.29, 1.82) is 0 Å². The molecule has 2 aromatic carbocycles. The predicted octanol–water partition coefficient (Wildman–Crippen LogP) is 4.72. The Balaban J connectivity index is 1.79. The third-order valence-corrected chi connectivity index (χ3v) is 4.27. The van der Waals surface area contributed by atoms with E-state index in [-0.39, 0.29) is 17.5 Å². The maximum atomic E-state index is 13.8. The van der Waals surface area contributed by atoms with Crippen LogP contribution in [0.4, 0.5) is 10.1 Å². The molecule has 0 aromatic heterocycles. The fraction of sp³-hybridized carbons (Fsp3) is 0.316. The van der Waals surface area contributed by atoms with Crippen LogP contribution in [0.5, 0.6) is 5.75 Å². The molecule has 0 saturated carbocycles. The number of hydrogen-bond donors (Lipinski definition) is 2. The molecule has 0 bridgehead atoms. The van der Waals surface area contributed by atoms with Gasteiger partial charge in [-0.2, -0.15) is 0 Å². The van der Waals surface area contributed by atoms with Gasteiger partial charge in [0.25, 0.3) is 0 Å². The fourth-order valence-corrected chi connectivity index (χ4v) is 3.22. The molecule has 0 spiro atoms. The van der Waals surface area contributed by atoms with Crippen molar-refractivity contribution in [3.8, 4) is 5.75 Å². The van der Waals surface area contributed by atoms with Crippen molar-refractivity contribution in [2.75, 3.05) is 5.32 Å². The predicted molar refractivity (Wildman–Crippen MR) is 99.0 cm³/mol. The smallest absolute Gasteiger partial charge is 0.171 e. The van der Waals surface area contributed by atoms with E-state index in [9.17, 15) is 4.39 Å².